The van der Waals surface area contributed by atoms with E-state index in [1.807, 2.05) is 38.1 Å². The minimum Gasteiger partial charge on any atom is -0.379 e. The van der Waals surface area contributed by atoms with E-state index >= 15 is 0 Å². The number of ether oxygens (including phenoxy) is 6. The maximum atomic E-state index is 5.62. The molecule has 0 saturated carbocycles. The Hall–Kier alpha value is -1.54. The number of rotatable bonds is 20. The second-order valence-electron chi connectivity index (χ2n) is 6.51. The lowest BCUT2D eigenvalue weighted by Crippen LogP contribution is -2.10. The van der Waals surface area contributed by atoms with E-state index in [-0.39, 0.29) is 0 Å². The maximum absolute atomic E-state index is 5.62. The van der Waals surface area contributed by atoms with Gasteiger partial charge in [-0.05, 0) is 36.1 Å². The van der Waals surface area contributed by atoms with Gasteiger partial charge >= 0.3 is 0 Å². The Labute approximate surface area is 181 Å². The summed E-state index contributed by atoms with van der Waals surface area (Å²) in [6.45, 7) is 19.1. The number of hydrogen-bond acceptors (Lipinski definition) is 6. The molecule has 6 heteroatoms. The Bertz CT molecular complexity index is 519. The molecule has 0 fully saturated rings. The van der Waals surface area contributed by atoms with Crippen LogP contribution in [-0.4, -0.2) is 79.3 Å². The van der Waals surface area contributed by atoms with Crippen LogP contribution in [0, 0.1) is 0 Å². The largest absolute Gasteiger partial charge is 0.379 e. The molecule has 0 aliphatic heterocycles. The first kappa shape index (κ1) is 26.5. The molecule has 170 valence electrons. The predicted octanol–water partition coefficient (Wildman–Crippen LogP) is 3.85. The highest BCUT2D eigenvalue weighted by Crippen LogP contribution is 2.18. The number of hydrogen-bond donors (Lipinski definition) is 0. The lowest BCUT2D eigenvalue weighted by atomic mass is 10.0. The van der Waals surface area contributed by atoms with E-state index in [4.69, 9.17) is 28.4 Å². The fourth-order valence-electron chi connectivity index (χ4n) is 2.46. The molecule has 0 aliphatic rings. The highest BCUT2D eigenvalue weighted by molar-refractivity contribution is 5.69. The normalized spacial score (nSPS) is 11.0. The van der Waals surface area contributed by atoms with Crippen molar-refractivity contribution in [1.29, 1.82) is 0 Å². The highest BCUT2D eigenvalue weighted by atomic mass is 16.5. The van der Waals surface area contributed by atoms with E-state index in [9.17, 15) is 0 Å². The Morgan fingerprint density at radius 2 is 0.833 bits per heavy atom. The van der Waals surface area contributed by atoms with Gasteiger partial charge in [0.05, 0.1) is 66.1 Å². The molecular weight excluding hydrogens is 384 g/mol. The summed E-state index contributed by atoms with van der Waals surface area (Å²) in [5, 5.41) is 0. The summed E-state index contributed by atoms with van der Waals surface area (Å²) in [6.07, 6.45) is 0. The van der Waals surface area contributed by atoms with Crippen LogP contribution in [0.25, 0.3) is 11.1 Å². The van der Waals surface area contributed by atoms with E-state index in [1.165, 1.54) is 0 Å². The zero-order valence-electron chi connectivity index (χ0n) is 18.7. The third-order valence-electron chi connectivity index (χ3n) is 4.15. The second-order valence-corrected chi connectivity index (χ2v) is 6.51. The van der Waals surface area contributed by atoms with Crippen molar-refractivity contribution in [3.05, 3.63) is 48.6 Å². The van der Waals surface area contributed by atoms with Gasteiger partial charge in [0.2, 0.25) is 0 Å². The van der Waals surface area contributed by atoms with E-state index in [0.717, 1.165) is 22.3 Å². The molecule has 0 atom stereocenters. The fraction of sp³-hybridized carbons (Fsp3) is 0.583. The van der Waals surface area contributed by atoms with Crippen molar-refractivity contribution < 1.29 is 28.4 Å². The van der Waals surface area contributed by atoms with Crippen LogP contribution in [0.15, 0.2) is 37.4 Å². The summed E-state index contributed by atoms with van der Waals surface area (Å²) in [6, 6.07) is 8.12. The maximum Gasteiger partial charge on any atom is 0.0718 e. The third kappa shape index (κ3) is 12.9. The second kappa shape index (κ2) is 18.2. The highest BCUT2D eigenvalue weighted by Gasteiger charge is 2.03. The summed E-state index contributed by atoms with van der Waals surface area (Å²) >= 11 is 0. The van der Waals surface area contributed by atoms with Crippen LogP contribution in [0.5, 0.6) is 0 Å². The van der Waals surface area contributed by atoms with Crippen molar-refractivity contribution in [1.82, 2.24) is 0 Å². The molecule has 0 aliphatic carbocycles. The topological polar surface area (TPSA) is 55.4 Å². The van der Waals surface area contributed by atoms with Crippen molar-refractivity contribution in [2.24, 2.45) is 0 Å². The zero-order chi connectivity index (χ0) is 21.9. The lowest BCUT2D eigenvalue weighted by Gasteiger charge is -2.11. The molecule has 0 heterocycles. The average molecular weight is 423 g/mol. The van der Waals surface area contributed by atoms with Gasteiger partial charge in [-0.15, -0.1) is 0 Å². The summed E-state index contributed by atoms with van der Waals surface area (Å²) < 4.78 is 32.5. The molecule has 0 amide bonds. The van der Waals surface area contributed by atoms with E-state index in [2.05, 4.69) is 13.2 Å². The number of benzene rings is 1. The van der Waals surface area contributed by atoms with Gasteiger partial charge in [-0.3, -0.25) is 0 Å². The fourth-order valence-corrected chi connectivity index (χ4v) is 2.46. The molecule has 0 radical (unpaired) electrons. The van der Waals surface area contributed by atoms with Gasteiger partial charge in [-0.2, -0.15) is 0 Å². The van der Waals surface area contributed by atoms with Crippen molar-refractivity contribution in [2.75, 3.05) is 79.3 Å². The molecule has 0 saturated heterocycles. The molecule has 0 bridgehead atoms. The predicted molar refractivity (Wildman–Crippen MR) is 121 cm³/mol. The van der Waals surface area contributed by atoms with Gasteiger partial charge in [0.15, 0.2) is 0 Å². The Morgan fingerprint density at radius 1 is 0.533 bits per heavy atom. The SMILES string of the molecule is C=C(COCCOCCOCC)c1ccc(C(=C)COCCOCCOCC)cc1. The van der Waals surface area contributed by atoms with Crippen molar-refractivity contribution in [3.8, 4) is 0 Å². The van der Waals surface area contributed by atoms with Crippen molar-refractivity contribution in [3.63, 3.8) is 0 Å². The molecule has 30 heavy (non-hydrogen) atoms. The first-order valence-electron chi connectivity index (χ1n) is 10.6. The van der Waals surface area contributed by atoms with Gasteiger partial charge < -0.3 is 28.4 Å². The van der Waals surface area contributed by atoms with Gasteiger partial charge in [-0.25, -0.2) is 0 Å². The molecule has 0 unspecified atom stereocenters. The molecular formula is C24H38O6. The first-order chi connectivity index (χ1) is 14.7. The quantitative estimate of drug-likeness (QED) is 0.298. The zero-order valence-corrected chi connectivity index (χ0v) is 18.7. The van der Waals surface area contributed by atoms with Crippen molar-refractivity contribution in [2.45, 2.75) is 13.8 Å². The summed E-state index contributed by atoms with van der Waals surface area (Å²) in [5.41, 5.74) is 3.96. The van der Waals surface area contributed by atoms with Crippen LogP contribution in [-0.2, 0) is 28.4 Å². The Morgan fingerprint density at radius 3 is 1.17 bits per heavy atom. The molecule has 1 aromatic carbocycles. The minimum atomic E-state index is 0.474. The molecule has 0 aromatic heterocycles. The van der Waals surface area contributed by atoms with Crippen molar-refractivity contribution >= 4 is 11.1 Å². The van der Waals surface area contributed by atoms with Gasteiger partial charge in [0.25, 0.3) is 0 Å². The van der Waals surface area contributed by atoms with Crippen LogP contribution in [0.4, 0.5) is 0 Å². The van der Waals surface area contributed by atoms with Crippen LogP contribution in [0.1, 0.15) is 25.0 Å². The van der Waals surface area contributed by atoms with E-state index in [0.29, 0.717) is 79.3 Å². The van der Waals surface area contributed by atoms with Gasteiger partial charge in [-0.1, -0.05) is 37.4 Å². The smallest absolute Gasteiger partial charge is 0.0718 e. The van der Waals surface area contributed by atoms with E-state index < -0.39 is 0 Å². The minimum absolute atomic E-state index is 0.474. The lowest BCUT2D eigenvalue weighted by molar-refractivity contribution is 0.0231. The third-order valence-corrected chi connectivity index (χ3v) is 4.15. The molecule has 1 rings (SSSR count). The first-order valence-corrected chi connectivity index (χ1v) is 10.6. The van der Waals surface area contributed by atoms with Crippen LogP contribution < -0.4 is 0 Å². The molecule has 0 spiro atoms. The Balaban J connectivity index is 2.16. The van der Waals surface area contributed by atoms with Crippen LogP contribution in [0.2, 0.25) is 0 Å². The molecule has 6 nitrogen and oxygen atoms in total. The summed E-state index contributed by atoms with van der Waals surface area (Å²) in [5.74, 6) is 0. The average Bonchev–Trinajstić information content (AvgIpc) is 2.77. The summed E-state index contributed by atoms with van der Waals surface area (Å²) in [7, 11) is 0. The van der Waals surface area contributed by atoms with Crippen LogP contribution >= 0.6 is 0 Å². The van der Waals surface area contributed by atoms with Crippen LogP contribution in [0.3, 0.4) is 0 Å². The van der Waals surface area contributed by atoms with Gasteiger partial charge in [0, 0.05) is 13.2 Å². The van der Waals surface area contributed by atoms with Gasteiger partial charge in [0.1, 0.15) is 0 Å². The Kier molecular flexibility index (Phi) is 16.1. The molecule has 1 aromatic rings. The van der Waals surface area contributed by atoms with E-state index in [1.54, 1.807) is 0 Å². The standard InChI is InChI=1S/C24H38O6/c1-5-25-11-13-27-15-17-29-19-21(3)23-7-9-24(10-8-23)22(4)20-30-18-16-28-14-12-26-6-2/h7-10H,3-6,11-20H2,1-2H3. The monoisotopic (exact) mass is 422 g/mol. The molecule has 0 N–H and O–H groups in total. The summed E-state index contributed by atoms with van der Waals surface area (Å²) in [4.78, 5) is 0.